The Kier molecular flexibility index (Phi) is 4.87. The summed E-state index contributed by atoms with van der Waals surface area (Å²) in [7, 11) is 1.60. The summed E-state index contributed by atoms with van der Waals surface area (Å²) in [5.41, 5.74) is 1.53. The normalized spacial score (nSPS) is 16.9. The average Bonchev–Trinajstić information content (AvgIpc) is 3.24. The lowest BCUT2D eigenvalue weighted by Gasteiger charge is -2.31. The molecular weight excluding hydrogens is 342 g/mol. The van der Waals surface area contributed by atoms with Crippen LogP contribution in [-0.4, -0.2) is 41.2 Å². The van der Waals surface area contributed by atoms with Crippen molar-refractivity contribution in [2.75, 3.05) is 20.2 Å². The Labute approximate surface area is 157 Å². The Hall–Kier alpha value is -3.15. The van der Waals surface area contributed by atoms with Crippen molar-refractivity contribution in [2.45, 2.75) is 18.8 Å². The average molecular weight is 363 g/mol. The van der Waals surface area contributed by atoms with Gasteiger partial charge in [0, 0.05) is 24.2 Å². The van der Waals surface area contributed by atoms with Crippen molar-refractivity contribution < 1.29 is 13.9 Å². The third-order valence-electron chi connectivity index (χ3n) is 4.84. The molecule has 2 aromatic carbocycles. The molecule has 0 radical (unpaired) electrons. The second-order valence-electron chi connectivity index (χ2n) is 6.63. The summed E-state index contributed by atoms with van der Waals surface area (Å²) in [6.07, 6.45) is 1.84. The second-order valence-corrected chi connectivity index (χ2v) is 6.63. The Morgan fingerprint density at radius 3 is 2.81 bits per heavy atom. The molecule has 1 saturated heterocycles. The van der Waals surface area contributed by atoms with E-state index in [0.29, 0.717) is 29.6 Å². The van der Waals surface area contributed by atoms with Gasteiger partial charge in [-0.05, 0) is 43.2 Å². The van der Waals surface area contributed by atoms with Crippen LogP contribution in [0, 0.1) is 0 Å². The van der Waals surface area contributed by atoms with Crippen LogP contribution in [0.4, 0.5) is 0 Å². The van der Waals surface area contributed by atoms with Gasteiger partial charge in [-0.1, -0.05) is 24.3 Å². The number of rotatable bonds is 4. The van der Waals surface area contributed by atoms with Crippen LogP contribution >= 0.6 is 0 Å². The first-order valence-corrected chi connectivity index (χ1v) is 9.07. The number of aromatic nitrogens is 2. The first-order chi connectivity index (χ1) is 13.2. The SMILES string of the molecule is COc1cccc(C(=O)N2CCCC(c3nnc(-c4ccccc4)o3)C2)c1. The van der Waals surface area contributed by atoms with Gasteiger partial charge in [-0.2, -0.15) is 0 Å². The zero-order valence-electron chi connectivity index (χ0n) is 15.2. The lowest BCUT2D eigenvalue weighted by Crippen LogP contribution is -2.39. The molecule has 2 heterocycles. The summed E-state index contributed by atoms with van der Waals surface area (Å²) in [5.74, 6) is 1.84. The molecule has 0 spiro atoms. The van der Waals surface area contributed by atoms with Crippen LogP contribution in [-0.2, 0) is 0 Å². The van der Waals surface area contributed by atoms with Crippen molar-refractivity contribution in [3.63, 3.8) is 0 Å². The number of ether oxygens (including phenoxy) is 1. The fourth-order valence-electron chi connectivity index (χ4n) is 3.40. The van der Waals surface area contributed by atoms with Gasteiger partial charge in [-0.15, -0.1) is 10.2 Å². The number of carbonyl (C=O) groups excluding carboxylic acids is 1. The van der Waals surface area contributed by atoms with Crippen LogP contribution in [0.15, 0.2) is 59.0 Å². The Balaban J connectivity index is 1.50. The molecule has 0 aliphatic carbocycles. The maximum atomic E-state index is 12.9. The van der Waals surface area contributed by atoms with E-state index >= 15 is 0 Å². The highest BCUT2D eigenvalue weighted by molar-refractivity contribution is 5.94. The summed E-state index contributed by atoms with van der Waals surface area (Å²) in [4.78, 5) is 14.7. The van der Waals surface area contributed by atoms with Crippen LogP contribution in [0.1, 0.15) is 35.0 Å². The van der Waals surface area contributed by atoms with Crippen LogP contribution in [0.5, 0.6) is 5.75 Å². The number of likely N-dealkylation sites (tertiary alicyclic amines) is 1. The number of carbonyl (C=O) groups is 1. The van der Waals surface area contributed by atoms with E-state index in [1.54, 1.807) is 13.2 Å². The molecule has 6 nitrogen and oxygen atoms in total. The van der Waals surface area contributed by atoms with Gasteiger partial charge >= 0.3 is 0 Å². The summed E-state index contributed by atoms with van der Waals surface area (Å²) in [6.45, 7) is 1.30. The van der Waals surface area contributed by atoms with Crippen molar-refractivity contribution in [1.82, 2.24) is 15.1 Å². The predicted octanol–water partition coefficient (Wildman–Crippen LogP) is 3.77. The Bertz CT molecular complexity index is 923. The molecule has 3 aromatic rings. The highest BCUT2D eigenvalue weighted by Gasteiger charge is 2.29. The first kappa shape index (κ1) is 17.3. The summed E-state index contributed by atoms with van der Waals surface area (Å²) < 4.78 is 11.1. The molecule has 1 amide bonds. The molecule has 4 rings (SSSR count). The third-order valence-corrected chi connectivity index (χ3v) is 4.84. The minimum absolute atomic E-state index is 0.00129. The van der Waals surface area contributed by atoms with E-state index in [2.05, 4.69) is 10.2 Å². The van der Waals surface area contributed by atoms with Gasteiger partial charge in [0.05, 0.1) is 13.0 Å². The van der Waals surface area contributed by atoms with Crippen LogP contribution < -0.4 is 4.74 Å². The van der Waals surface area contributed by atoms with Gasteiger partial charge in [-0.25, -0.2) is 0 Å². The monoisotopic (exact) mass is 363 g/mol. The van der Waals surface area contributed by atoms with Crippen LogP contribution in [0.25, 0.3) is 11.5 Å². The fraction of sp³-hybridized carbons (Fsp3) is 0.286. The van der Waals surface area contributed by atoms with Crippen LogP contribution in [0.3, 0.4) is 0 Å². The van der Waals surface area contributed by atoms with Gasteiger partial charge in [-0.3, -0.25) is 4.79 Å². The van der Waals surface area contributed by atoms with Crippen molar-refractivity contribution >= 4 is 5.91 Å². The quantitative estimate of drug-likeness (QED) is 0.706. The number of piperidine rings is 1. The zero-order valence-corrected chi connectivity index (χ0v) is 15.2. The molecule has 1 aliphatic rings. The molecule has 1 fully saturated rings. The number of amides is 1. The zero-order chi connectivity index (χ0) is 18.6. The Morgan fingerprint density at radius 1 is 1.15 bits per heavy atom. The molecular formula is C21H21N3O3. The lowest BCUT2D eigenvalue weighted by atomic mass is 9.97. The number of methoxy groups -OCH3 is 1. The van der Waals surface area contributed by atoms with Gasteiger partial charge in [0.2, 0.25) is 11.8 Å². The van der Waals surface area contributed by atoms with E-state index in [9.17, 15) is 4.79 Å². The molecule has 1 aromatic heterocycles. The smallest absolute Gasteiger partial charge is 0.254 e. The van der Waals surface area contributed by atoms with Gasteiger partial charge in [0.15, 0.2) is 0 Å². The minimum Gasteiger partial charge on any atom is -0.497 e. The topological polar surface area (TPSA) is 68.5 Å². The van der Waals surface area contributed by atoms with Crippen molar-refractivity contribution in [1.29, 1.82) is 0 Å². The van der Waals surface area contributed by atoms with E-state index in [-0.39, 0.29) is 11.8 Å². The van der Waals surface area contributed by atoms with Crippen LogP contribution in [0.2, 0.25) is 0 Å². The molecule has 0 saturated carbocycles. The third kappa shape index (κ3) is 3.69. The molecule has 1 unspecified atom stereocenters. The molecule has 0 N–H and O–H groups in total. The standard InChI is InChI=1S/C21H21N3O3/c1-26-18-11-5-9-16(13-18)21(25)24-12-6-10-17(14-24)20-23-22-19(27-20)15-7-3-2-4-8-15/h2-5,7-9,11,13,17H,6,10,12,14H2,1H3. The van der Waals surface area contributed by atoms with E-state index in [1.807, 2.05) is 53.4 Å². The summed E-state index contributed by atoms with van der Waals surface area (Å²) in [5, 5.41) is 8.41. The molecule has 1 atom stereocenters. The maximum Gasteiger partial charge on any atom is 0.254 e. The first-order valence-electron chi connectivity index (χ1n) is 9.07. The van der Waals surface area contributed by atoms with Gasteiger partial charge in [0.1, 0.15) is 5.75 Å². The van der Waals surface area contributed by atoms with Crippen molar-refractivity contribution in [2.24, 2.45) is 0 Å². The number of hydrogen-bond acceptors (Lipinski definition) is 5. The molecule has 6 heteroatoms. The lowest BCUT2D eigenvalue weighted by molar-refractivity contribution is 0.0698. The summed E-state index contributed by atoms with van der Waals surface area (Å²) in [6, 6.07) is 17.0. The molecule has 27 heavy (non-hydrogen) atoms. The van der Waals surface area contributed by atoms with Gasteiger partial charge < -0.3 is 14.1 Å². The Morgan fingerprint density at radius 2 is 2.00 bits per heavy atom. The number of nitrogens with zero attached hydrogens (tertiary/aromatic N) is 3. The molecule has 0 bridgehead atoms. The number of hydrogen-bond donors (Lipinski definition) is 0. The molecule has 138 valence electrons. The largest absolute Gasteiger partial charge is 0.497 e. The fourth-order valence-corrected chi connectivity index (χ4v) is 3.40. The number of benzene rings is 2. The van der Waals surface area contributed by atoms with Gasteiger partial charge in [0.25, 0.3) is 5.91 Å². The molecule has 1 aliphatic heterocycles. The van der Waals surface area contributed by atoms with Crippen molar-refractivity contribution in [3.05, 3.63) is 66.1 Å². The highest BCUT2D eigenvalue weighted by atomic mass is 16.5. The highest BCUT2D eigenvalue weighted by Crippen LogP contribution is 2.29. The second kappa shape index (κ2) is 7.61. The predicted molar refractivity (Wildman–Crippen MR) is 101 cm³/mol. The maximum absolute atomic E-state index is 12.9. The van der Waals surface area contributed by atoms with E-state index in [4.69, 9.17) is 9.15 Å². The van der Waals surface area contributed by atoms with Crippen molar-refractivity contribution in [3.8, 4) is 17.2 Å². The van der Waals surface area contributed by atoms with E-state index in [0.717, 1.165) is 24.9 Å². The van der Waals surface area contributed by atoms with E-state index < -0.39 is 0 Å². The van der Waals surface area contributed by atoms with E-state index in [1.165, 1.54) is 0 Å². The minimum atomic E-state index is 0.00129. The summed E-state index contributed by atoms with van der Waals surface area (Å²) >= 11 is 0.